The van der Waals surface area contributed by atoms with Crippen LogP contribution in [0.25, 0.3) is 0 Å². The van der Waals surface area contributed by atoms with Crippen molar-refractivity contribution in [3.63, 3.8) is 0 Å². The molecule has 2 N–H and O–H groups in total. The van der Waals surface area contributed by atoms with E-state index in [1.807, 2.05) is 4.90 Å². The van der Waals surface area contributed by atoms with Crippen molar-refractivity contribution < 1.29 is 4.79 Å². The number of hydrogen-bond donors (Lipinski definition) is 1. The highest BCUT2D eigenvalue weighted by molar-refractivity contribution is 5.82. The molecule has 1 saturated heterocycles. The summed E-state index contributed by atoms with van der Waals surface area (Å²) >= 11 is 0. The van der Waals surface area contributed by atoms with Crippen LogP contribution in [0.5, 0.6) is 0 Å². The molecule has 1 heterocycles. The zero-order chi connectivity index (χ0) is 10.7. The standard InChI is InChI=1S/C11H22N2O/c1-8(2)7-10(12)11(14)13-6-4-5-9(13)3/h8-10H,4-7,12H2,1-3H3/t9?,10-/m0/s1. The van der Waals surface area contributed by atoms with Gasteiger partial charge in [0.05, 0.1) is 6.04 Å². The SMILES string of the molecule is CC(C)C[C@H](N)C(=O)N1CCCC1C. The van der Waals surface area contributed by atoms with Crippen molar-refractivity contribution >= 4 is 5.91 Å². The van der Waals surface area contributed by atoms with Gasteiger partial charge in [-0.05, 0) is 32.1 Å². The monoisotopic (exact) mass is 198 g/mol. The lowest BCUT2D eigenvalue weighted by atomic mass is 10.0. The van der Waals surface area contributed by atoms with E-state index in [-0.39, 0.29) is 11.9 Å². The average Bonchev–Trinajstić information content (AvgIpc) is 2.48. The van der Waals surface area contributed by atoms with Crippen LogP contribution in [0.4, 0.5) is 0 Å². The average molecular weight is 198 g/mol. The smallest absolute Gasteiger partial charge is 0.239 e. The molecule has 0 spiro atoms. The molecule has 1 aliphatic rings. The molecule has 0 aromatic heterocycles. The summed E-state index contributed by atoms with van der Waals surface area (Å²) in [6.07, 6.45) is 3.05. The molecule has 3 heteroatoms. The number of carbonyl (C=O) groups excluding carboxylic acids is 1. The van der Waals surface area contributed by atoms with E-state index in [1.54, 1.807) is 0 Å². The lowest BCUT2D eigenvalue weighted by molar-refractivity contribution is -0.133. The molecule has 82 valence electrons. The molecule has 0 saturated carbocycles. The second-order valence-electron chi connectivity index (χ2n) is 4.76. The van der Waals surface area contributed by atoms with Crippen LogP contribution in [0.15, 0.2) is 0 Å². The van der Waals surface area contributed by atoms with Crippen LogP contribution in [0.3, 0.4) is 0 Å². The van der Waals surface area contributed by atoms with E-state index < -0.39 is 0 Å². The van der Waals surface area contributed by atoms with Crippen molar-refractivity contribution in [2.24, 2.45) is 11.7 Å². The van der Waals surface area contributed by atoms with Gasteiger partial charge in [0.25, 0.3) is 0 Å². The Balaban J connectivity index is 2.47. The lowest BCUT2D eigenvalue weighted by Gasteiger charge is -2.25. The van der Waals surface area contributed by atoms with Gasteiger partial charge in [-0.15, -0.1) is 0 Å². The van der Waals surface area contributed by atoms with E-state index in [9.17, 15) is 4.79 Å². The Bertz CT molecular complexity index is 203. The van der Waals surface area contributed by atoms with Crippen molar-refractivity contribution in [2.75, 3.05) is 6.54 Å². The van der Waals surface area contributed by atoms with E-state index >= 15 is 0 Å². The molecule has 1 amide bonds. The first kappa shape index (κ1) is 11.5. The highest BCUT2D eigenvalue weighted by Crippen LogP contribution is 2.18. The number of likely N-dealkylation sites (tertiary alicyclic amines) is 1. The first-order valence-corrected chi connectivity index (χ1v) is 5.58. The molecule has 0 bridgehead atoms. The Morgan fingerprint density at radius 3 is 2.64 bits per heavy atom. The molecular formula is C11H22N2O. The Labute approximate surface area is 86.6 Å². The van der Waals surface area contributed by atoms with Crippen LogP contribution >= 0.6 is 0 Å². The molecular weight excluding hydrogens is 176 g/mol. The number of hydrogen-bond acceptors (Lipinski definition) is 2. The maximum Gasteiger partial charge on any atom is 0.239 e. The van der Waals surface area contributed by atoms with E-state index in [1.165, 1.54) is 0 Å². The second kappa shape index (κ2) is 4.78. The normalized spacial score (nSPS) is 24.4. The summed E-state index contributed by atoms with van der Waals surface area (Å²) in [4.78, 5) is 13.8. The summed E-state index contributed by atoms with van der Waals surface area (Å²) in [6.45, 7) is 7.19. The summed E-state index contributed by atoms with van der Waals surface area (Å²) in [5, 5.41) is 0. The number of rotatable bonds is 3. The van der Waals surface area contributed by atoms with Crippen molar-refractivity contribution in [1.82, 2.24) is 4.90 Å². The van der Waals surface area contributed by atoms with Crippen molar-refractivity contribution in [3.8, 4) is 0 Å². The lowest BCUT2D eigenvalue weighted by Crippen LogP contribution is -2.45. The molecule has 1 aliphatic heterocycles. The molecule has 0 aromatic rings. The summed E-state index contributed by atoms with van der Waals surface area (Å²) in [5.74, 6) is 0.635. The summed E-state index contributed by atoms with van der Waals surface area (Å²) in [5.41, 5.74) is 5.87. The third-order valence-electron chi connectivity index (χ3n) is 2.88. The van der Waals surface area contributed by atoms with Crippen LogP contribution in [0.1, 0.15) is 40.0 Å². The molecule has 0 radical (unpaired) electrons. The van der Waals surface area contributed by atoms with Gasteiger partial charge in [-0.1, -0.05) is 13.8 Å². The number of carbonyl (C=O) groups is 1. The second-order valence-corrected chi connectivity index (χ2v) is 4.76. The van der Waals surface area contributed by atoms with Crippen molar-refractivity contribution in [1.29, 1.82) is 0 Å². The van der Waals surface area contributed by atoms with Gasteiger partial charge in [0.1, 0.15) is 0 Å². The van der Waals surface area contributed by atoms with Gasteiger partial charge in [0.15, 0.2) is 0 Å². The van der Waals surface area contributed by atoms with Crippen LogP contribution in [-0.2, 0) is 4.79 Å². The molecule has 2 atom stereocenters. The minimum Gasteiger partial charge on any atom is -0.339 e. The third kappa shape index (κ3) is 2.71. The van der Waals surface area contributed by atoms with Gasteiger partial charge in [0, 0.05) is 12.6 Å². The Morgan fingerprint density at radius 2 is 2.21 bits per heavy atom. The topological polar surface area (TPSA) is 46.3 Å². The Kier molecular flexibility index (Phi) is 3.93. The molecule has 3 nitrogen and oxygen atoms in total. The predicted octanol–water partition coefficient (Wildman–Crippen LogP) is 1.37. The number of nitrogens with two attached hydrogens (primary N) is 1. The molecule has 1 fully saturated rings. The third-order valence-corrected chi connectivity index (χ3v) is 2.88. The van der Waals surface area contributed by atoms with E-state index in [0.29, 0.717) is 12.0 Å². The van der Waals surface area contributed by atoms with Gasteiger partial charge in [-0.3, -0.25) is 4.79 Å². The largest absolute Gasteiger partial charge is 0.339 e. The number of amides is 1. The summed E-state index contributed by atoms with van der Waals surface area (Å²) < 4.78 is 0. The Morgan fingerprint density at radius 1 is 1.57 bits per heavy atom. The fraction of sp³-hybridized carbons (Fsp3) is 0.909. The van der Waals surface area contributed by atoms with Gasteiger partial charge in [-0.25, -0.2) is 0 Å². The van der Waals surface area contributed by atoms with Gasteiger partial charge >= 0.3 is 0 Å². The van der Waals surface area contributed by atoms with Crippen LogP contribution in [0.2, 0.25) is 0 Å². The van der Waals surface area contributed by atoms with E-state index in [2.05, 4.69) is 20.8 Å². The Hall–Kier alpha value is -0.570. The first-order valence-electron chi connectivity index (χ1n) is 5.58. The highest BCUT2D eigenvalue weighted by Gasteiger charge is 2.28. The quantitative estimate of drug-likeness (QED) is 0.744. The molecule has 1 rings (SSSR count). The van der Waals surface area contributed by atoms with Crippen molar-refractivity contribution in [3.05, 3.63) is 0 Å². The first-order chi connectivity index (χ1) is 6.52. The zero-order valence-corrected chi connectivity index (χ0v) is 9.49. The summed E-state index contributed by atoms with van der Waals surface area (Å²) in [7, 11) is 0. The predicted molar refractivity (Wildman–Crippen MR) is 57.8 cm³/mol. The van der Waals surface area contributed by atoms with Gasteiger partial charge in [-0.2, -0.15) is 0 Å². The molecule has 14 heavy (non-hydrogen) atoms. The minimum atomic E-state index is -0.296. The van der Waals surface area contributed by atoms with Crippen LogP contribution in [-0.4, -0.2) is 29.4 Å². The fourth-order valence-electron chi connectivity index (χ4n) is 2.08. The fourth-order valence-corrected chi connectivity index (χ4v) is 2.08. The highest BCUT2D eigenvalue weighted by atomic mass is 16.2. The van der Waals surface area contributed by atoms with Gasteiger partial charge < -0.3 is 10.6 Å². The number of nitrogens with zero attached hydrogens (tertiary/aromatic N) is 1. The maximum atomic E-state index is 11.9. The molecule has 1 unspecified atom stereocenters. The molecule has 0 aliphatic carbocycles. The van der Waals surface area contributed by atoms with Crippen molar-refractivity contribution in [2.45, 2.75) is 52.1 Å². The van der Waals surface area contributed by atoms with Gasteiger partial charge in [0.2, 0.25) is 5.91 Å². The van der Waals surface area contributed by atoms with Crippen LogP contribution < -0.4 is 5.73 Å². The maximum absolute atomic E-state index is 11.9. The molecule has 0 aromatic carbocycles. The van der Waals surface area contributed by atoms with E-state index in [0.717, 1.165) is 25.8 Å². The zero-order valence-electron chi connectivity index (χ0n) is 9.49. The minimum absolute atomic E-state index is 0.142. The van der Waals surface area contributed by atoms with E-state index in [4.69, 9.17) is 5.73 Å². The summed E-state index contributed by atoms with van der Waals surface area (Å²) in [6, 6.07) is 0.0938. The van der Waals surface area contributed by atoms with Crippen LogP contribution in [0, 0.1) is 5.92 Å².